The molecule has 3 aromatic rings. The van der Waals surface area contributed by atoms with Gasteiger partial charge in [-0.25, -0.2) is 0 Å². The predicted molar refractivity (Wildman–Crippen MR) is 137 cm³/mol. The molecule has 1 aliphatic rings. The number of rotatable bonds is 10. The second-order valence-corrected chi connectivity index (χ2v) is 8.38. The number of furan rings is 1. The second-order valence-electron chi connectivity index (χ2n) is 8.38. The number of piperazine rings is 1. The van der Waals surface area contributed by atoms with E-state index < -0.39 is 0 Å². The maximum absolute atomic E-state index is 13.1. The van der Waals surface area contributed by atoms with Gasteiger partial charge in [-0.3, -0.25) is 9.69 Å². The summed E-state index contributed by atoms with van der Waals surface area (Å²) in [6.45, 7) is 3.79. The lowest BCUT2D eigenvalue weighted by Crippen LogP contribution is -2.49. The number of nitrogens with one attached hydrogen (secondary N) is 1. The molecule has 1 aromatic heterocycles. The van der Waals surface area contributed by atoms with Crippen LogP contribution in [0.4, 0.5) is 5.69 Å². The highest BCUT2D eigenvalue weighted by Gasteiger charge is 2.28. The van der Waals surface area contributed by atoms with Gasteiger partial charge in [0.25, 0.3) is 5.91 Å². The van der Waals surface area contributed by atoms with Crippen molar-refractivity contribution in [2.24, 2.45) is 0 Å². The number of hydrogen-bond donors (Lipinski definition) is 1. The summed E-state index contributed by atoms with van der Waals surface area (Å²) >= 11 is 0. The van der Waals surface area contributed by atoms with Crippen LogP contribution < -0.4 is 29.2 Å². The van der Waals surface area contributed by atoms with Crippen LogP contribution in [0.2, 0.25) is 0 Å². The summed E-state index contributed by atoms with van der Waals surface area (Å²) in [5, 5.41) is 3.06. The summed E-state index contributed by atoms with van der Waals surface area (Å²) in [6, 6.07) is 15.1. The SMILES string of the molecule is COc1ccc(N2CCN([C@@H](CNC(=O)c3cc(OC)c(OC)c(OC)c3)c3ccco3)CC2)cc1. The van der Waals surface area contributed by atoms with Gasteiger partial charge in [0.05, 0.1) is 40.7 Å². The summed E-state index contributed by atoms with van der Waals surface area (Å²) < 4.78 is 27.2. The minimum absolute atomic E-state index is 0.0935. The minimum atomic E-state index is -0.234. The van der Waals surface area contributed by atoms with Crippen LogP contribution >= 0.6 is 0 Å². The van der Waals surface area contributed by atoms with Crippen LogP contribution in [-0.4, -0.2) is 72.0 Å². The lowest BCUT2D eigenvalue weighted by molar-refractivity contribution is 0.0922. The van der Waals surface area contributed by atoms with E-state index in [1.807, 2.05) is 24.3 Å². The van der Waals surface area contributed by atoms with Crippen molar-refractivity contribution in [1.82, 2.24) is 10.2 Å². The molecule has 9 nitrogen and oxygen atoms in total. The molecule has 0 bridgehead atoms. The van der Waals surface area contributed by atoms with Crippen LogP contribution in [0.5, 0.6) is 23.0 Å². The topological polar surface area (TPSA) is 85.6 Å². The van der Waals surface area contributed by atoms with Crippen molar-refractivity contribution in [2.45, 2.75) is 6.04 Å². The zero-order valence-corrected chi connectivity index (χ0v) is 21.2. The molecule has 2 aromatic carbocycles. The molecule has 36 heavy (non-hydrogen) atoms. The average Bonchev–Trinajstić information content (AvgIpc) is 3.47. The van der Waals surface area contributed by atoms with E-state index in [9.17, 15) is 4.79 Å². The van der Waals surface area contributed by atoms with Gasteiger partial charge in [-0.1, -0.05) is 0 Å². The van der Waals surface area contributed by atoms with Crippen LogP contribution in [-0.2, 0) is 0 Å². The van der Waals surface area contributed by atoms with Crippen molar-refractivity contribution >= 4 is 11.6 Å². The summed E-state index contributed by atoms with van der Waals surface area (Å²) in [7, 11) is 6.25. The monoisotopic (exact) mass is 495 g/mol. The first-order valence-electron chi connectivity index (χ1n) is 11.8. The highest BCUT2D eigenvalue weighted by atomic mass is 16.5. The standard InChI is InChI=1S/C27H33N3O6/c1-32-21-9-7-20(8-10-21)29-11-13-30(14-12-29)22(23-6-5-15-36-23)18-28-27(31)19-16-24(33-2)26(35-4)25(17-19)34-3/h5-10,15-17,22H,11-14,18H2,1-4H3,(H,28,31)/t22-/m0/s1. The highest BCUT2D eigenvalue weighted by Crippen LogP contribution is 2.38. The van der Waals surface area contributed by atoms with Gasteiger partial charge in [0.1, 0.15) is 11.5 Å². The van der Waals surface area contributed by atoms with E-state index in [1.165, 1.54) is 27.0 Å². The van der Waals surface area contributed by atoms with E-state index in [1.54, 1.807) is 25.5 Å². The summed E-state index contributed by atoms with van der Waals surface area (Å²) in [4.78, 5) is 17.8. The highest BCUT2D eigenvalue weighted by molar-refractivity contribution is 5.95. The van der Waals surface area contributed by atoms with E-state index >= 15 is 0 Å². The molecule has 0 saturated carbocycles. The Kier molecular flexibility index (Phi) is 8.22. The van der Waals surface area contributed by atoms with Gasteiger partial charge >= 0.3 is 0 Å². The van der Waals surface area contributed by atoms with Crippen molar-refractivity contribution < 1.29 is 28.2 Å². The largest absolute Gasteiger partial charge is 0.497 e. The number of anilines is 1. The van der Waals surface area contributed by atoms with Crippen molar-refractivity contribution in [3.8, 4) is 23.0 Å². The third-order valence-corrected chi connectivity index (χ3v) is 6.45. The van der Waals surface area contributed by atoms with Gasteiger partial charge in [0.15, 0.2) is 11.5 Å². The maximum atomic E-state index is 13.1. The van der Waals surface area contributed by atoms with Crippen LogP contribution in [0.15, 0.2) is 59.2 Å². The molecule has 9 heteroatoms. The zero-order valence-electron chi connectivity index (χ0n) is 21.2. The third-order valence-electron chi connectivity index (χ3n) is 6.45. The van der Waals surface area contributed by atoms with Gasteiger partial charge < -0.3 is 33.6 Å². The molecular formula is C27H33N3O6. The number of hydrogen-bond acceptors (Lipinski definition) is 8. The Labute approximate surface area is 211 Å². The lowest BCUT2D eigenvalue weighted by Gasteiger charge is -2.39. The molecule has 1 fully saturated rings. The zero-order chi connectivity index (χ0) is 25.5. The molecule has 1 aliphatic heterocycles. The number of benzene rings is 2. The lowest BCUT2D eigenvalue weighted by atomic mass is 10.1. The Morgan fingerprint density at radius 1 is 0.917 bits per heavy atom. The first-order chi connectivity index (χ1) is 17.6. The molecule has 192 valence electrons. The summed E-state index contributed by atoms with van der Waals surface area (Å²) in [6.07, 6.45) is 1.66. The molecular weight excluding hydrogens is 462 g/mol. The molecule has 0 aliphatic carbocycles. The van der Waals surface area contributed by atoms with Crippen LogP contribution in [0.1, 0.15) is 22.2 Å². The normalized spacial score (nSPS) is 14.7. The Bertz CT molecular complexity index is 1100. The van der Waals surface area contributed by atoms with Crippen LogP contribution in [0.3, 0.4) is 0 Å². The van der Waals surface area contributed by atoms with Crippen LogP contribution in [0, 0.1) is 0 Å². The van der Waals surface area contributed by atoms with E-state index in [-0.39, 0.29) is 11.9 Å². The van der Waals surface area contributed by atoms with Crippen molar-refractivity contribution in [1.29, 1.82) is 0 Å². The van der Waals surface area contributed by atoms with E-state index in [4.69, 9.17) is 23.4 Å². The first kappa shape index (κ1) is 25.2. The Morgan fingerprint density at radius 3 is 2.11 bits per heavy atom. The summed E-state index contributed by atoms with van der Waals surface area (Å²) in [5.74, 6) is 2.73. The number of nitrogens with zero attached hydrogens (tertiary/aromatic N) is 2. The fourth-order valence-electron chi connectivity index (χ4n) is 4.48. The fourth-order valence-corrected chi connectivity index (χ4v) is 4.48. The van der Waals surface area contributed by atoms with Gasteiger partial charge in [-0.2, -0.15) is 0 Å². The van der Waals surface area contributed by atoms with Crippen LogP contribution in [0.25, 0.3) is 0 Å². The number of carbonyl (C=O) groups excluding carboxylic acids is 1. The van der Waals surface area contributed by atoms with E-state index in [0.29, 0.717) is 29.4 Å². The van der Waals surface area contributed by atoms with Crippen molar-refractivity contribution in [3.63, 3.8) is 0 Å². The van der Waals surface area contributed by atoms with Gasteiger partial charge in [-0.15, -0.1) is 0 Å². The Balaban J connectivity index is 1.44. The number of methoxy groups -OCH3 is 4. The molecule has 0 unspecified atom stereocenters. The predicted octanol–water partition coefficient (Wildman–Crippen LogP) is 3.61. The van der Waals surface area contributed by atoms with Gasteiger partial charge in [-0.05, 0) is 48.5 Å². The molecule has 1 amide bonds. The van der Waals surface area contributed by atoms with E-state index in [0.717, 1.165) is 37.7 Å². The number of amides is 1. The van der Waals surface area contributed by atoms with Gasteiger partial charge in [0.2, 0.25) is 5.75 Å². The van der Waals surface area contributed by atoms with Gasteiger partial charge in [0, 0.05) is 44.0 Å². The second kappa shape index (κ2) is 11.7. The Hall–Kier alpha value is -3.85. The average molecular weight is 496 g/mol. The number of carbonyl (C=O) groups is 1. The molecule has 0 radical (unpaired) electrons. The molecule has 1 atom stereocenters. The van der Waals surface area contributed by atoms with E-state index in [2.05, 4.69) is 27.2 Å². The van der Waals surface area contributed by atoms with Crippen molar-refractivity contribution in [3.05, 3.63) is 66.1 Å². The molecule has 0 spiro atoms. The summed E-state index contributed by atoms with van der Waals surface area (Å²) in [5.41, 5.74) is 1.59. The quantitative estimate of drug-likeness (QED) is 0.457. The minimum Gasteiger partial charge on any atom is -0.497 e. The number of ether oxygens (including phenoxy) is 4. The molecule has 4 rings (SSSR count). The molecule has 1 N–H and O–H groups in total. The Morgan fingerprint density at radius 2 is 1.58 bits per heavy atom. The first-order valence-corrected chi connectivity index (χ1v) is 11.8. The van der Waals surface area contributed by atoms with Crippen molar-refractivity contribution in [2.75, 3.05) is 66.1 Å². The molecule has 1 saturated heterocycles. The third kappa shape index (κ3) is 5.52. The smallest absolute Gasteiger partial charge is 0.251 e. The fraction of sp³-hybridized carbons (Fsp3) is 0.370. The maximum Gasteiger partial charge on any atom is 0.251 e. The molecule has 2 heterocycles.